The molecule has 110 valence electrons. The molecule has 1 aliphatic rings. The van der Waals surface area contributed by atoms with E-state index < -0.39 is 0 Å². The lowest BCUT2D eigenvalue weighted by Gasteiger charge is -2.36. The molecule has 1 aromatic heterocycles. The van der Waals surface area contributed by atoms with E-state index in [2.05, 4.69) is 32.5 Å². The van der Waals surface area contributed by atoms with Crippen molar-refractivity contribution in [3.05, 3.63) is 33.7 Å². The molecule has 0 bridgehead atoms. The minimum atomic E-state index is -0.120. The Labute approximate surface area is 127 Å². The summed E-state index contributed by atoms with van der Waals surface area (Å²) in [5, 5.41) is 4.20. The number of halogens is 1. The summed E-state index contributed by atoms with van der Waals surface area (Å²) >= 11 is 3.41. The van der Waals surface area contributed by atoms with E-state index in [0.29, 0.717) is 16.9 Å². The Morgan fingerprint density at radius 2 is 2.45 bits per heavy atom. The molecule has 0 spiro atoms. The molecular weight excluding hydrogens is 320 g/mol. The van der Waals surface area contributed by atoms with Gasteiger partial charge in [0.05, 0.1) is 18.4 Å². The number of hydrogen-bond acceptors (Lipinski definition) is 4. The van der Waals surface area contributed by atoms with Crippen molar-refractivity contribution >= 4 is 21.6 Å². The average molecular weight is 341 g/mol. The number of rotatable bonds is 4. The largest absolute Gasteiger partial charge is 0.369 e. The van der Waals surface area contributed by atoms with Crippen molar-refractivity contribution in [2.24, 2.45) is 11.7 Å². The summed E-state index contributed by atoms with van der Waals surface area (Å²) in [7, 11) is 0. The topological polar surface area (TPSA) is 64.2 Å². The van der Waals surface area contributed by atoms with Gasteiger partial charge >= 0.3 is 0 Å². The molecule has 0 radical (unpaired) electrons. The fourth-order valence-corrected chi connectivity index (χ4v) is 3.14. The molecule has 20 heavy (non-hydrogen) atoms. The van der Waals surface area contributed by atoms with Gasteiger partial charge in [0.25, 0.3) is 5.56 Å². The zero-order valence-corrected chi connectivity index (χ0v) is 13.3. The molecular formula is C14H21BrN4O. The molecule has 5 nitrogen and oxygen atoms in total. The zero-order chi connectivity index (χ0) is 14.7. The fourth-order valence-electron chi connectivity index (χ4n) is 2.59. The predicted octanol–water partition coefficient (Wildman–Crippen LogP) is 1.76. The van der Waals surface area contributed by atoms with Crippen LogP contribution < -0.4 is 16.2 Å². The minimum Gasteiger partial charge on any atom is -0.369 e. The molecule has 0 aromatic carbocycles. The van der Waals surface area contributed by atoms with Gasteiger partial charge in [0.2, 0.25) is 0 Å². The third kappa shape index (κ3) is 3.12. The van der Waals surface area contributed by atoms with Crippen molar-refractivity contribution in [3.63, 3.8) is 0 Å². The second-order valence-electron chi connectivity index (χ2n) is 5.33. The standard InChI is InChI=1S/C14H21BrN4O/c1-3-6-19-14(20)13(15)12(8-17-19)18-7-4-5-11(9-18)10(2)16/h3,8,10-11H,1,4-7,9,16H2,2H3. The van der Waals surface area contributed by atoms with Crippen LogP contribution in [0.15, 0.2) is 28.1 Å². The number of hydrogen-bond donors (Lipinski definition) is 1. The Bertz CT molecular complexity index is 540. The van der Waals surface area contributed by atoms with E-state index in [1.54, 1.807) is 12.3 Å². The van der Waals surface area contributed by atoms with Gasteiger partial charge < -0.3 is 10.6 Å². The summed E-state index contributed by atoms with van der Waals surface area (Å²) < 4.78 is 1.97. The van der Waals surface area contributed by atoms with Crippen LogP contribution in [0, 0.1) is 5.92 Å². The molecule has 0 saturated carbocycles. The SMILES string of the molecule is C=CCn1ncc(N2CCCC(C(C)N)C2)c(Br)c1=O. The van der Waals surface area contributed by atoms with Gasteiger partial charge in [0.1, 0.15) is 4.47 Å². The van der Waals surface area contributed by atoms with Crippen molar-refractivity contribution in [2.75, 3.05) is 18.0 Å². The molecule has 0 aliphatic carbocycles. The number of piperidine rings is 1. The molecule has 2 heterocycles. The first-order valence-corrected chi connectivity index (χ1v) is 7.71. The highest BCUT2D eigenvalue weighted by molar-refractivity contribution is 9.10. The minimum absolute atomic E-state index is 0.120. The Kier molecular flexibility index (Phi) is 4.99. The third-order valence-electron chi connectivity index (χ3n) is 3.81. The summed E-state index contributed by atoms with van der Waals surface area (Å²) in [6, 6.07) is 0.172. The van der Waals surface area contributed by atoms with E-state index in [-0.39, 0.29) is 11.6 Å². The number of aromatic nitrogens is 2. The average Bonchev–Trinajstić information content (AvgIpc) is 2.44. The lowest BCUT2D eigenvalue weighted by molar-refractivity contribution is 0.364. The number of nitrogens with two attached hydrogens (primary N) is 1. The maximum absolute atomic E-state index is 12.2. The fraction of sp³-hybridized carbons (Fsp3) is 0.571. The number of anilines is 1. The van der Waals surface area contributed by atoms with Crippen LogP contribution in [-0.4, -0.2) is 28.9 Å². The Balaban J connectivity index is 2.26. The molecule has 1 aromatic rings. The Morgan fingerprint density at radius 3 is 3.10 bits per heavy atom. The Morgan fingerprint density at radius 1 is 1.70 bits per heavy atom. The smallest absolute Gasteiger partial charge is 0.283 e. The molecule has 2 N–H and O–H groups in total. The van der Waals surface area contributed by atoms with Gasteiger partial charge in [-0.1, -0.05) is 6.08 Å². The normalized spacial score (nSPS) is 20.8. The molecule has 6 heteroatoms. The number of nitrogens with zero attached hydrogens (tertiary/aromatic N) is 3. The quantitative estimate of drug-likeness (QED) is 0.848. The van der Waals surface area contributed by atoms with Crippen molar-refractivity contribution in [1.29, 1.82) is 0 Å². The van der Waals surface area contributed by atoms with Crippen LogP contribution >= 0.6 is 15.9 Å². The van der Waals surface area contributed by atoms with Crippen molar-refractivity contribution in [3.8, 4) is 0 Å². The van der Waals surface area contributed by atoms with Gasteiger partial charge in [-0.3, -0.25) is 4.79 Å². The van der Waals surface area contributed by atoms with E-state index in [1.807, 2.05) is 6.92 Å². The molecule has 2 rings (SSSR count). The van der Waals surface area contributed by atoms with Crippen molar-refractivity contribution < 1.29 is 0 Å². The molecule has 1 aliphatic heterocycles. The summed E-state index contributed by atoms with van der Waals surface area (Å²) in [6.07, 6.45) is 5.65. The highest BCUT2D eigenvalue weighted by atomic mass is 79.9. The maximum Gasteiger partial charge on any atom is 0.283 e. The summed E-state index contributed by atoms with van der Waals surface area (Å²) in [5.41, 5.74) is 6.75. The van der Waals surface area contributed by atoms with Crippen LogP contribution in [0.25, 0.3) is 0 Å². The van der Waals surface area contributed by atoms with Crippen LogP contribution in [-0.2, 0) is 6.54 Å². The maximum atomic E-state index is 12.2. The molecule has 2 unspecified atom stereocenters. The van der Waals surface area contributed by atoms with E-state index in [1.165, 1.54) is 4.68 Å². The van der Waals surface area contributed by atoms with Gasteiger partial charge in [-0.2, -0.15) is 5.10 Å². The second kappa shape index (κ2) is 6.54. The highest BCUT2D eigenvalue weighted by Crippen LogP contribution is 2.27. The van der Waals surface area contributed by atoms with Crippen LogP contribution in [0.5, 0.6) is 0 Å². The van der Waals surface area contributed by atoms with Crippen molar-refractivity contribution in [2.45, 2.75) is 32.4 Å². The van der Waals surface area contributed by atoms with Crippen LogP contribution in [0.1, 0.15) is 19.8 Å². The monoisotopic (exact) mass is 340 g/mol. The van der Waals surface area contributed by atoms with Crippen LogP contribution in [0.3, 0.4) is 0 Å². The molecule has 0 amide bonds. The van der Waals surface area contributed by atoms with Gasteiger partial charge in [0.15, 0.2) is 0 Å². The van der Waals surface area contributed by atoms with Gasteiger partial charge in [0, 0.05) is 19.1 Å². The molecule has 2 atom stereocenters. The second-order valence-corrected chi connectivity index (χ2v) is 6.12. The number of allylic oxidation sites excluding steroid dienone is 1. The Hall–Kier alpha value is -1.14. The van der Waals surface area contributed by atoms with Gasteiger partial charge in [-0.15, -0.1) is 6.58 Å². The molecule has 1 saturated heterocycles. The first-order valence-electron chi connectivity index (χ1n) is 6.91. The highest BCUT2D eigenvalue weighted by Gasteiger charge is 2.25. The van der Waals surface area contributed by atoms with Gasteiger partial charge in [-0.05, 0) is 41.6 Å². The van der Waals surface area contributed by atoms with E-state index in [0.717, 1.165) is 31.6 Å². The van der Waals surface area contributed by atoms with Gasteiger partial charge in [-0.25, -0.2) is 4.68 Å². The van der Waals surface area contributed by atoms with E-state index >= 15 is 0 Å². The third-order valence-corrected chi connectivity index (χ3v) is 4.56. The summed E-state index contributed by atoms with van der Waals surface area (Å²) in [5.74, 6) is 0.464. The zero-order valence-electron chi connectivity index (χ0n) is 11.8. The van der Waals surface area contributed by atoms with Crippen LogP contribution in [0.2, 0.25) is 0 Å². The lowest BCUT2D eigenvalue weighted by atomic mass is 9.92. The summed E-state index contributed by atoms with van der Waals surface area (Å²) in [4.78, 5) is 14.4. The van der Waals surface area contributed by atoms with E-state index in [4.69, 9.17) is 5.73 Å². The lowest BCUT2D eigenvalue weighted by Crippen LogP contribution is -2.43. The van der Waals surface area contributed by atoms with Crippen LogP contribution in [0.4, 0.5) is 5.69 Å². The van der Waals surface area contributed by atoms with E-state index in [9.17, 15) is 4.79 Å². The first-order chi connectivity index (χ1) is 9.54. The molecule has 1 fully saturated rings. The first kappa shape index (κ1) is 15.3. The summed E-state index contributed by atoms with van der Waals surface area (Å²) in [6.45, 7) is 7.91. The predicted molar refractivity (Wildman–Crippen MR) is 85.0 cm³/mol. The van der Waals surface area contributed by atoms with Crippen molar-refractivity contribution in [1.82, 2.24) is 9.78 Å².